The maximum Gasteiger partial charge on any atom is 0.263 e. The number of fused-ring (bicyclic) bond motifs is 1. The van der Waals surface area contributed by atoms with Crippen molar-refractivity contribution in [2.75, 3.05) is 19.7 Å². The normalized spacial score (nSPS) is 16.5. The molecule has 1 aliphatic heterocycles. The Hall–Kier alpha value is -2.93. The fraction of sp³-hybridized carbons (Fsp3) is 0.458. The van der Waals surface area contributed by atoms with Crippen molar-refractivity contribution >= 4 is 11.8 Å². The Morgan fingerprint density at radius 1 is 1.19 bits per heavy atom. The SMILES string of the molecule is CCNC(=O)c1c2c(cn(CCc3ccccc3)c1=O)CN(C(=O)C1(CO)CC1)CC2. The van der Waals surface area contributed by atoms with Gasteiger partial charge in [0, 0.05) is 32.4 Å². The fourth-order valence-electron chi connectivity index (χ4n) is 4.35. The summed E-state index contributed by atoms with van der Waals surface area (Å²) >= 11 is 0. The molecule has 2 aromatic rings. The van der Waals surface area contributed by atoms with Crippen LogP contribution in [0.1, 0.15) is 46.8 Å². The molecule has 0 bridgehead atoms. The first kappa shape index (κ1) is 21.3. The van der Waals surface area contributed by atoms with Crippen LogP contribution in [0.4, 0.5) is 0 Å². The molecular weight excluding hydrogens is 394 g/mol. The molecule has 2 aliphatic rings. The van der Waals surface area contributed by atoms with Crippen LogP contribution in [0.2, 0.25) is 0 Å². The first-order chi connectivity index (χ1) is 15.0. The van der Waals surface area contributed by atoms with Crippen molar-refractivity contribution in [1.82, 2.24) is 14.8 Å². The second kappa shape index (κ2) is 8.67. The van der Waals surface area contributed by atoms with Crippen LogP contribution in [0, 0.1) is 5.41 Å². The number of rotatable bonds is 7. The molecule has 1 aliphatic carbocycles. The molecule has 0 radical (unpaired) electrons. The highest BCUT2D eigenvalue weighted by molar-refractivity contribution is 5.96. The molecule has 4 rings (SSSR count). The molecule has 1 aromatic carbocycles. The van der Waals surface area contributed by atoms with Crippen LogP contribution in [0.5, 0.6) is 0 Å². The maximum atomic E-state index is 13.2. The molecule has 7 heteroatoms. The lowest BCUT2D eigenvalue weighted by Crippen LogP contribution is -2.44. The number of carbonyl (C=O) groups excluding carboxylic acids is 2. The number of pyridine rings is 1. The summed E-state index contributed by atoms with van der Waals surface area (Å²) < 4.78 is 1.60. The summed E-state index contributed by atoms with van der Waals surface area (Å²) in [5, 5.41) is 12.4. The van der Waals surface area contributed by atoms with Gasteiger partial charge < -0.3 is 19.9 Å². The van der Waals surface area contributed by atoms with E-state index in [0.29, 0.717) is 51.9 Å². The molecule has 164 valence electrons. The second-order valence-electron chi connectivity index (χ2n) is 8.52. The number of benzene rings is 1. The Morgan fingerprint density at radius 3 is 2.58 bits per heavy atom. The predicted molar refractivity (Wildman–Crippen MR) is 117 cm³/mol. The van der Waals surface area contributed by atoms with Crippen molar-refractivity contribution in [1.29, 1.82) is 0 Å². The summed E-state index contributed by atoms with van der Waals surface area (Å²) in [4.78, 5) is 40.6. The molecular formula is C24H29N3O4. The third-order valence-electron chi connectivity index (χ3n) is 6.41. The first-order valence-corrected chi connectivity index (χ1v) is 11.0. The Balaban J connectivity index is 1.66. The predicted octanol–water partition coefficient (Wildman–Crippen LogP) is 1.50. The number of carbonyl (C=O) groups is 2. The van der Waals surface area contributed by atoms with E-state index in [1.807, 2.05) is 37.3 Å². The zero-order valence-corrected chi connectivity index (χ0v) is 17.9. The maximum absolute atomic E-state index is 13.2. The van der Waals surface area contributed by atoms with Gasteiger partial charge in [0.2, 0.25) is 5.91 Å². The minimum atomic E-state index is -0.623. The monoisotopic (exact) mass is 423 g/mol. The van der Waals surface area contributed by atoms with Crippen molar-refractivity contribution < 1.29 is 14.7 Å². The number of hydrogen-bond acceptors (Lipinski definition) is 4. The summed E-state index contributed by atoms with van der Waals surface area (Å²) in [6, 6.07) is 9.90. The van der Waals surface area contributed by atoms with Gasteiger partial charge in [0.25, 0.3) is 11.5 Å². The molecule has 2 N–H and O–H groups in total. The molecule has 0 spiro atoms. The van der Waals surface area contributed by atoms with Crippen LogP contribution < -0.4 is 10.9 Å². The van der Waals surface area contributed by atoms with Crippen molar-refractivity contribution in [3.63, 3.8) is 0 Å². The molecule has 1 aromatic heterocycles. The van der Waals surface area contributed by atoms with Gasteiger partial charge in [-0.1, -0.05) is 30.3 Å². The third kappa shape index (κ3) is 4.14. The Labute approximate surface area is 181 Å². The van der Waals surface area contributed by atoms with Gasteiger partial charge in [-0.25, -0.2) is 0 Å². The highest BCUT2D eigenvalue weighted by Crippen LogP contribution is 2.47. The molecule has 1 fully saturated rings. The van der Waals surface area contributed by atoms with E-state index in [0.717, 1.165) is 16.7 Å². The lowest BCUT2D eigenvalue weighted by molar-refractivity contribution is -0.139. The van der Waals surface area contributed by atoms with Crippen LogP contribution in [0.15, 0.2) is 41.3 Å². The topological polar surface area (TPSA) is 91.6 Å². The number of aliphatic hydroxyl groups is 1. The molecule has 0 saturated heterocycles. The van der Waals surface area contributed by atoms with Gasteiger partial charge in [-0.3, -0.25) is 14.4 Å². The minimum absolute atomic E-state index is 0.0257. The number of aromatic nitrogens is 1. The Kier molecular flexibility index (Phi) is 5.96. The number of amides is 2. The standard InChI is InChI=1S/C24H29N3O4/c1-2-25-21(29)20-19-9-13-27(23(31)24(16-28)10-11-24)15-18(19)14-26(22(20)30)12-8-17-6-4-3-5-7-17/h3-7,14,28H,2,8-13,15-16H2,1H3,(H,25,29). The van der Waals surface area contributed by atoms with E-state index < -0.39 is 5.41 Å². The van der Waals surface area contributed by atoms with Crippen LogP contribution in [-0.2, 0) is 30.7 Å². The average Bonchev–Trinajstić information content (AvgIpc) is 3.59. The highest BCUT2D eigenvalue weighted by atomic mass is 16.3. The van der Waals surface area contributed by atoms with E-state index in [9.17, 15) is 19.5 Å². The fourth-order valence-corrected chi connectivity index (χ4v) is 4.35. The molecule has 31 heavy (non-hydrogen) atoms. The number of hydrogen-bond donors (Lipinski definition) is 2. The van der Waals surface area contributed by atoms with E-state index >= 15 is 0 Å². The minimum Gasteiger partial charge on any atom is -0.395 e. The van der Waals surface area contributed by atoms with E-state index in [4.69, 9.17) is 0 Å². The molecule has 1 saturated carbocycles. The molecule has 7 nitrogen and oxygen atoms in total. The highest BCUT2D eigenvalue weighted by Gasteiger charge is 2.51. The van der Waals surface area contributed by atoms with E-state index in [1.54, 1.807) is 15.7 Å². The van der Waals surface area contributed by atoms with Crippen LogP contribution in [0.3, 0.4) is 0 Å². The van der Waals surface area contributed by atoms with Crippen LogP contribution in [-0.4, -0.2) is 46.1 Å². The Morgan fingerprint density at radius 2 is 1.94 bits per heavy atom. The quantitative estimate of drug-likeness (QED) is 0.706. The summed E-state index contributed by atoms with van der Waals surface area (Å²) in [6.07, 6.45) is 4.37. The largest absolute Gasteiger partial charge is 0.395 e. The van der Waals surface area contributed by atoms with Crippen LogP contribution >= 0.6 is 0 Å². The molecule has 0 unspecified atom stereocenters. The summed E-state index contributed by atoms with van der Waals surface area (Å²) in [7, 11) is 0. The van der Waals surface area contributed by atoms with Crippen molar-refractivity contribution in [2.24, 2.45) is 5.41 Å². The van der Waals surface area contributed by atoms with E-state index in [-0.39, 0.29) is 29.5 Å². The zero-order chi connectivity index (χ0) is 22.0. The van der Waals surface area contributed by atoms with Gasteiger partial charge in [-0.05, 0) is 49.3 Å². The summed E-state index contributed by atoms with van der Waals surface area (Å²) in [6.45, 7) is 3.40. The van der Waals surface area contributed by atoms with E-state index in [2.05, 4.69) is 5.32 Å². The number of nitrogens with zero attached hydrogens (tertiary/aromatic N) is 2. The van der Waals surface area contributed by atoms with Gasteiger partial charge in [-0.2, -0.15) is 0 Å². The smallest absolute Gasteiger partial charge is 0.263 e. The summed E-state index contributed by atoms with van der Waals surface area (Å²) in [5.74, 6) is -0.381. The second-order valence-corrected chi connectivity index (χ2v) is 8.52. The lowest BCUT2D eigenvalue weighted by atomic mass is 9.94. The lowest BCUT2D eigenvalue weighted by Gasteiger charge is -2.32. The molecule has 2 heterocycles. The van der Waals surface area contributed by atoms with Crippen molar-refractivity contribution in [3.8, 4) is 0 Å². The number of nitrogens with one attached hydrogen (secondary N) is 1. The van der Waals surface area contributed by atoms with Crippen LogP contribution in [0.25, 0.3) is 0 Å². The van der Waals surface area contributed by atoms with Crippen molar-refractivity contribution in [2.45, 2.75) is 45.7 Å². The number of aryl methyl sites for hydroxylation is 2. The molecule has 0 atom stereocenters. The van der Waals surface area contributed by atoms with Gasteiger partial charge in [0.1, 0.15) is 5.56 Å². The van der Waals surface area contributed by atoms with E-state index in [1.165, 1.54) is 0 Å². The summed E-state index contributed by atoms with van der Waals surface area (Å²) in [5.41, 5.74) is 1.98. The average molecular weight is 424 g/mol. The van der Waals surface area contributed by atoms with Crippen molar-refractivity contribution in [3.05, 3.63) is 69.1 Å². The first-order valence-electron chi connectivity index (χ1n) is 11.0. The molecule has 2 amide bonds. The van der Waals surface area contributed by atoms with Gasteiger partial charge in [0.15, 0.2) is 0 Å². The van der Waals surface area contributed by atoms with Gasteiger partial charge in [0.05, 0.1) is 12.0 Å². The zero-order valence-electron chi connectivity index (χ0n) is 17.9. The number of aliphatic hydroxyl groups excluding tert-OH is 1. The Bertz CT molecular complexity index is 1040. The van der Waals surface area contributed by atoms with Gasteiger partial charge >= 0.3 is 0 Å². The third-order valence-corrected chi connectivity index (χ3v) is 6.41. The van der Waals surface area contributed by atoms with Gasteiger partial charge in [-0.15, -0.1) is 0 Å².